The van der Waals surface area contributed by atoms with Gasteiger partial charge in [-0.05, 0) is 63.3 Å². The number of likely N-dealkylation sites (tertiary alicyclic amines) is 3. The molecule has 3 aliphatic heterocycles. The first-order valence-corrected chi connectivity index (χ1v) is 18.8. The minimum absolute atomic E-state index is 0.0736. The fourth-order valence-electron chi connectivity index (χ4n) is 7.33. The van der Waals surface area contributed by atoms with Crippen LogP contribution in [0.2, 0.25) is 0 Å². The third-order valence-electron chi connectivity index (χ3n) is 10.3. The van der Waals surface area contributed by atoms with Gasteiger partial charge >= 0.3 is 5.97 Å². The Morgan fingerprint density at radius 2 is 1.41 bits per heavy atom. The summed E-state index contributed by atoms with van der Waals surface area (Å²) in [6, 6.07) is -3.00. The Labute approximate surface area is 323 Å². The molecule has 0 bridgehead atoms. The van der Waals surface area contributed by atoms with Crippen molar-refractivity contribution in [2.45, 2.75) is 113 Å². The summed E-state index contributed by atoms with van der Waals surface area (Å²) in [5.74, 6) is -5.89. The number of aromatic hydroxyl groups is 1. The van der Waals surface area contributed by atoms with Crippen LogP contribution in [0.3, 0.4) is 0 Å². The SMILES string of the molecule is C[C@H](N)C(=O)N[C@@H](CCCCN)C(=O)N1CCC[C@H]1C(=O)N[C@@H](CO)C(=O)N[C@@H](Cc1ccc(O)cc1)C(=O)N1C[C@H](O)C[C@H]1C(=O)N1C[C@H](O)C[C@H]1C(=O)O. The Hall–Kier alpha value is -4.89. The summed E-state index contributed by atoms with van der Waals surface area (Å²) in [6.45, 7) is 0.476. The molecule has 20 nitrogen and oxygen atoms in total. The quantitative estimate of drug-likeness (QED) is 0.0671. The van der Waals surface area contributed by atoms with Crippen LogP contribution >= 0.6 is 0 Å². The molecule has 0 unspecified atom stereocenters. The van der Waals surface area contributed by atoms with Gasteiger partial charge in [-0.2, -0.15) is 0 Å². The number of phenols is 1. The fraction of sp³-hybridized carbons (Fsp3) is 0.639. The van der Waals surface area contributed by atoms with E-state index in [1.165, 1.54) is 36.1 Å². The van der Waals surface area contributed by atoms with E-state index in [1.54, 1.807) is 0 Å². The van der Waals surface area contributed by atoms with Crippen molar-refractivity contribution in [3.8, 4) is 5.75 Å². The lowest BCUT2D eigenvalue weighted by atomic mass is 10.0. The number of aliphatic hydroxyl groups is 3. The van der Waals surface area contributed by atoms with E-state index < -0.39 is 103 Å². The lowest BCUT2D eigenvalue weighted by molar-refractivity contribution is -0.152. The number of hydrogen-bond donors (Lipinski definition) is 10. The molecule has 56 heavy (non-hydrogen) atoms. The molecule has 3 aliphatic rings. The van der Waals surface area contributed by atoms with E-state index in [9.17, 15) is 59.1 Å². The van der Waals surface area contributed by atoms with E-state index in [1.807, 2.05) is 0 Å². The molecule has 0 radical (unpaired) electrons. The van der Waals surface area contributed by atoms with Crippen LogP contribution in [0.5, 0.6) is 5.75 Å². The van der Waals surface area contributed by atoms with Crippen molar-refractivity contribution < 1.29 is 59.1 Å². The molecule has 12 N–H and O–H groups in total. The smallest absolute Gasteiger partial charge is 0.326 e. The predicted octanol–water partition coefficient (Wildman–Crippen LogP) is -4.14. The molecule has 1 aromatic rings. The molecule has 4 rings (SSSR count). The van der Waals surface area contributed by atoms with Crippen LogP contribution in [0, 0.1) is 0 Å². The molecule has 0 spiro atoms. The van der Waals surface area contributed by atoms with Crippen LogP contribution in [0.4, 0.5) is 0 Å². The first-order chi connectivity index (χ1) is 26.6. The van der Waals surface area contributed by atoms with Gasteiger partial charge in [-0.1, -0.05) is 12.1 Å². The topological polar surface area (TPSA) is 318 Å². The normalized spacial score (nSPS) is 24.2. The Morgan fingerprint density at radius 3 is 2.02 bits per heavy atom. The third-order valence-corrected chi connectivity index (χ3v) is 10.3. The zero-order valence-corrected chi connectivity index (χ0v) is 31.3. The number of nitrogens with zero attached hydrogens (tertiary/aromatic N) is 3. The zero-order chi connectivity index (χ0) is 41.3. The summed E-state index contributed by atoms with van der Waals surface area (Å²) in [4.78, 5) is 96.5. The van der Waals surface area contributed by atoms with Gasteiger partial charge in [0.15, 0.2) is 0 Å². The van der Waals surface area contributed by atoms with Crippen LogP contribution in [0.1, 0.15) is 57.4 Å². The summed E-state index contributed by atoms with van der Waals surface area (Å²) in [6.07, 6.45) is -0.931. The second-order valence-corrected chi connectivity index (χ2v) is 14.6. The zero-order valence-electron chi connectivity index (χ0n) is 31.3. The second-order valence-electron chi connectivity index (χ2n) is 14.6. The number of carbonyl (C=O) groups excluding carboxylic acids is 6. The number of nitrogens with one attached hydrogen (secondary N) is 3. The van der Waals surface area contributed by atoms with Crippen molar-refractivity contribution in [2.24, 2.45) is 11.5 Å². The number of carbonyl (C=O) groups is 7. The molecular formula is C36H54N8O12. The number of carboxylic acids is 1. The van der Waals surface area contributed by atoms with E-state index in [0.29, 0.717) is 31.4 Å². The number of carboxylic acid groups (broad SMARTS) is 1. The number of aliphatic hydroxyl groups excluding tert-OH is 3. The van der Waals surface area contributed by atoms with Gasteiger partial charge in [-0.25, -0.2) is 4.79 Å². The molecule has 3 fully saturated rings. The number of rotatable bonds is 17. The molecule has 3 saturated heterocycles. The van der Waals surface area contributed by atoms with Gasteiger partial charge in [0.2, 0.25) is 35.4 Å². The Bertz CT molecular complexity index is 1600. The van der Waals surface area contributed by atoms with Crippen LogP contribution in [0.25, 0.3) is 0 Å². The average molecular weight is 791 g/mol. The first kappa shape index (κ1) is 43.8. The van der Waals surface area contributed by atoms with E-state index in [0.717, 1.165) is 9.80 Å². The van der Waals surface area contributed by atoms with Gasteiger partial charge < -0.3 is 67.7 Å². The molecule has 3 heterocycles. The van der Waals surface area contributed by atoms with Gasteiger partial charge in [0.1, 0.15) is 42.0 Å². The maximum Gasteiger partial charge on any atom is 0.326 e. The summed E-state index contributed by atoms with van der Waals surface area (Å²) >= 11 is 0. The van der Waals surface area contributed by atoms with Crippen molar-refractivity contribution >= 4 is 41.4 Å². The number of unbranched alkanes of at least 4 members (excludes halogenated alkanes) is 1. The maximum atomic E-state index is 14.2. The molecule has 0 aromatic heterocycles. The van der Waals surface area contributed by atoms with Crippen LogP contribution in [-0.2, 0) is 40.0 Å². The molecule has 0 aliphatic carbocycles. The molecule has 0 saturated carbocycles. The molecule has 1 aromatic carbocycles. The lowest BCUT2D eigenvalue weighted by Gasteiger charge is -2.32. The number of phenolic OH excluding ortho intramolecular Hbond substituents is 1. The van der Waals surface area contributed by atoms with Crippen LogP contribution < -0.4 is 27.4 Å². The van der Waals surface area contributed by atoms with Crippen molar-refractivity contribution in [2.75, 3.05) is 32.8 Å². The third kappa shape index (κ3) is 10.9. The van der Waals surface area contributed by atoms with Crippen molar-refractivity contribution in [3.63, 3.8) is 0 Å². The number of hydrogen-bond acceptors (Lipinski definition) is 13. The highest BCUT2D eigenvalue weighted by molar-refractivity contribution is 5.97. The van der Waals surface area contributed by atoms with Gasteiger partial charge in [-0.15, -0.1) is 0 Å². The van der Waals surface area contributed by atoms with Crippen molar-refractivity contribution in [1.82, 2.24) is 30.7 Å². The Balaban J connectivity index is 1.52. The standard InChI is InChI=1S/C36H54N8O12/c1-19(38)30(49)39-24(5-2-3-11-37)33(52)42-12-4-6-27(42)32(51)41-26(18-45)31(50)40-25(13-20-7-9-21(46)10-8-20)34(53)43-16-22(47)14-28(43)35(54)44-17-23(48)15-29(44)36(55)56/h7-10,19,22-29,45-48H,2-6,11-18,37-38H2,1H3,(H,39,49)(H,40,50)(H,41,51)(H,55,56)/t19-,22+,23+,24-,25-,26-,27-,28-,29-/m0/s1. The second kappa shape index (κ2) is 19.8. The summed E-state index contributed by atoms with van der Waals surface area (Å²) in [5, 5.41) is 58.1. The highest BCUT2D eigenvalue weighted by Gasteiger charge is 2.48. The van der Waals surface area contributed by atoms with Crippen molar-refractivity contribution in [1.29, 1.82) is 0 Å². The van der Waals surface area contributed by atoms with Crippen molar-refractivity contribution in [3.05, 3.63) is 29.8 Å². The highest BCUT2D eigenvalue weighted by Crippen LogP contribution is 2.27. The number of β-amino-alcohol motifs (C(OH)–C–C–N with tert-alkyl or cyclic N) is 2. The highest BCUT2D eigenvalue weighted by atomic mass is 16.4. The van der Waals surface area contributed by atoms with Crippen LogP contribution in [-0.4, -0.2) is 169 Å². The Kier molecular flexibility index (Phi) is 15.5. The average Bonchev–Trinajstić information content (AvgIpc) is 3.91. The van der Waals surface area contributed by atoms with E-state index >= 15 is 0 Å². The summed E-state index contributed by atoms with van der Waals surface area (Å²) < 4.78 is 0. The number of amides is 6. The van der Waals surface area contributed by atoms with E-state index in [4.69, 9.17) is 11.5 Å². The predicted molar refractivity (Wildman–Crippen MR) is 196 cm³/mol. The minimum atomic E-state index is -1.61. The Morgan fingerprint density at radius 1 is 0.804 bits per heavy atom. The monoisotopic (exact) mass is 790 g/mol. The maximum absolute atomic E-state index is 14.2. The van der Waals surface area contributed by atoms with Gasteiger partial charge in [0.05, 0.1) is 24.9 Å². The number of aliphatic carboxylic acids is 1. The molecule has 9 atom stereocenters. The van der Waals surface area contributed by atoms with Crippen LogP contribution in [0.15, 0.2) is 24.3 Å². The fourth-order valence-corrected chi connectivity index (χ4v) is 7.33. The minimum Gasteiger partial charge on any atom is -0.508 e. The molecular weight excluding hydrogens is 736 g/mol. The van der Waals surface area contributed by atoms with Gasteiger partial charge in [0, 0.05) is 38.9 Å². The van der Waals surface area contributed by atoms with Gasteiger partial charge in [-0.3, -0.25) is 28.8 Å². The molecule has 6 amide bonds. The van der Waals surface area contributed by atoms with E-state index in [2.05, 4.69) is 16.0 Å². The molecule has 310 valence electrons. The van der Waals surface area contributed by atoms with Gasteiger partial charge in [0.25, 0.3) is 0 Å². The first-order valence-electron chi connectivity index (χ1n) is 18.8. The summed E-state index contributed by atoms with van der Waals surface area (Å²) in [7, 11) is 0. The molecule has 20 heteroatoms. The number of benzene rings is 1. The largest absolute Gasteiger partial charge is 0.508 e. The number of nitrogens with two attached hydrogens (primary N) is 2. The lowest BCUT2D eigenvalue weighted by Crippen LogP contribution is -2.60. The summed E-state index contributed by atoms with van der Waals surface area (Å²) in [5.41, 5.74) is 11.8. The van der Waals surface area contributed by atoms with E-state index in [-0.39, 0.29) is 57.5 Å².